The highest BCUT2D eigenvalue weighted by Gasteiger charge is 2.28. The first-order chi connectivity index (χ1) is 11.7. The quantitative estimate of drug-likeness (QED) is 0.551. The summed E-state index contributed by atoms with van der Waals surface area (Å²) in [4.78, 5) is 28.7. The van der Waals surface area contributed by atoms with E-state index in [9.17, 15) is 9.59 Å². The van der Waals surface area contributed by atoms with E-state index in [1.807, 2.05) is 11.8 Å². The van der Waals surface area contributed by atoms with Gasteiger partial charge in [-0.1, -0.05) is 25.2 Å². The molecule has 0 N–H and O–H groups in total. The number of carbonyl (C=O) groups is 2. The second kappa shape index (κ2) is 9.68. The van der Waals surface area contributed by atoms with Crippen molar-refractivity contribution in [1.82, 2.24) is 9.80 Å². The molecule has 2 rings (SSSR count). The van der Waals surface area contributed by atoms with Gasteiger partial charge in [-0.3, -0.25) is 14.5 Å². The molecule has 1 amide bonds. The fourth-order valence-corrected chi connectivity index (χ4v) is 3.82. The van der Waals surface area contributed by atoms with Gasteiger partial charge in [0.05, 0.1) is 12.5 Å². The van der Waals surface area contributed by atoms with Crippen LogP contribution in [0.5, 0.6) is 0 Å². The summed E-state index contributed by atoms with van der Waals surface area (Å²) >= 11 is 0. The number of ether oxygens (including phenoxy) is 1. The molecular formula is C19H30N2O3. The van der Waals surface area contributed by atoms with Crippen molar-refractivity contribution >= 4 is 11.9 Å². The van der Waals surface area contributed by atoms with Crippen molar-refractivity contribution in [2.75, 3.05) is 32.8 Å². The largest absolute Gasteiger partial charge is 0.455 e. The molecule has 0 radical (unpaired) electrons. The summed E-state index contributed by atoms with van der Waals surface area (Å²) in [7, 11) is 0. The Kier molecular flexibility index (Phi) is 7.58. The monoisotopic (exact) mass is 334 g/mol. The predicted molar refractivity (Wildman–Crippen MR) is 93.2 cm³/mol. The SMILES string of the molecule is C#CCN1CCC(C(=O)OCC(=O)N(CC)C2CCCCC2)CC1. The van der Waals surface area contributed by atoms with Crippen molar-refractivity contribution in [2.45, 2.75) is 57.9 Å². The Morgan fingerprint density at radius 2 is 1.83 bits per heavy atom. The molecule has 1 saturated carbocycles. The molecule has 0 aromatic heterocycles. The summed E-state index contributed by atoms with van der Waals surface area (Å²) in [6.07, 6.45) is 12.6. The molecule has 2 fully saturated rings. The van der Waals surface area contributed by atoms with E-state index in [1.54, 1.807) is 0 Å². The summed E-state index contributed by atoms with van der Waals surface area (Å²) in [5.41, 5.74) is 0. The lowest BCUT2D eigenvalue weighted by Gasteiger charge is -2.33. The molecule has 5 nitrogen and oxygen atoms in total. The molecular weight excluding hydrogens is 304 g/mol. The fourth-order valence-electron chi connectivity index (χ4n) is 3.82. The number of esters is 1. The number of carbonyl (C=O) groups excluding carboxylic acids is 2. The maximum Gasteiger partial charge on any atom is 0.309 e. The van der Waals surface area contributed by atoms with Crippen LogP contribution in [0.2, 0.25) is 0 Å². The summed E-state index contributed by atoms with van der Waals surface area (Å²) in [6.45, 7) is 4.84. The predicted octanol–water partition coefficient (Wildman–Crippen LogP) is 2.06. The second-order valence-corrected chi connectivity index (χ2v) is 6.83. The Balaban J connectivity index is 1.74. The maximum atomic E-state index is 12.4. The number of hydrogen-bond acceptors (Lipinski definition) is 4. The maximum absolute atomic E-state index is 12.4. The molecule has 1 saturated heterocycles. The summed E-state index contributed by atoms with van der Waals surface area (Å²) < 4.78 is 5.32. The number of piperidine rings is 1. The lowest BCUT2D eigenvalue weighted by Crippen LogP contribution is -2.44. The highest BCUT2D eigenvalue weighted by molar-refractivity contribution is 5.81. The Labute approximate surface area is 145 Å². The Morgan fingerprint density at radius 1 is 1.17 bits per heavy atom. The number of likely N-dealkylation sites (N-methyl/N-ethyl adjacent to an activating group) is 1. The van der Waals surface area contributed by atoms with Crippen molar-refractivity contribution in [3.63, 3.8) is 0 Å². The zero-order valence-corrected chi connectivity index (χ0v) is 14.8. The van der Waals surface area contributed by atoms with Gasteiger partial charge in [0.2, 0.25) is 0 Å². The zero-order chi connectivity index (χ0) is 17.4. The van der Waals surface area contributed by atoms with Gasteiger partial charge in [0.15, 0.2) is 6.61 Å². The van der Waals surface area contributed by atoms with Crippen LogP contribution in [-0.4, -0.2) is 60.5 Å². The van der Waals surface area contributed by atoms with Gasteiger partial charge in [0, 0.05) is 12.6 Å². The molecule has 2 aliphatic rings. The van der Waals surface area contributed by atoms with Crippen LogP contribution in [0.3, 0.4) is 0 Å². The third-order valence-electron chi connectivity index (χ3n) is 5.25. The third kappa shape index (κ3) is 5.24. The van der Waals surface area contributed by atoms with Gasteiger partial charge in [-0.05, 0) is 45.7 Å². The minimum absolute atomic E-state index is 0.0532. The van der Waals surface area contributed by atoms with E-state index in [1.165, 1.54) is 19.3 Å². The molecule has 24 heavy (non-hydrogen) atoms. The van der Waals surface area contributed by atoms with Crippen LogP contribution in [0.15, 0.2) is 0 Å². The van der Waals surface area contributed by atoms with Gasteiger partial charge in [-0.2, -0.15) is 0 Å². The van der Waals surface area contributed by atoms with E-state index < -0.39 is 0 Å². The Morgan fingerprint density at radius 3 is 2.42 bits per heavy atom. The first kappa shape index (κ1) is 18.8. The van der Waals surface area contributed by atoms with Crippen molar-refractivity contribution in [3.8, 4) is 12.3 Å². The molecule has 0 aromatic carbocycles. The van der Waals surface area contributed by atoms with E-state index in [2.05, 4.69) is 10.8 Å². The molecule has 5 heteroatoms. The molecule has 1 aliphatic carbocycles. The fraction of sp³-hybridized carbons (Fsp3) is 0.789. The Bertz CT molecular complexity index is 458. The van der Waals surface area contributed by atoms with Crippen LogP contribution in [-0.2, 0) is 14.3 Å². The van der Waals surface area contributed by atoms with Gasteiger partial charge >= 0.3 is 5.97 Å². The minimum Gasteiger partial charge on any atom is -0.455 e. The lowest BCUT2D eigenvalue weighted by molar-refractivity contribution is -0.157. The number of nitrogens with zero attached hydrogens (tertiary/aromatic N) is 2. The molecule has 0 unspecified atom stereocenters. The van der Waals surface area contributed by atoms with Gasteiger partial charge in [0.25, 0.3) is 5.91 Å². The highest BCUT2D eigenvalue weighted by Crippen LogP contribution is 2.23. The third-order valence-corrected chi connectivity index (χ3v) is 5.25. The zero-order valence-electron chi connectivity index (χ0n) is 14.8. The minimum atomic E-state index is -0.233. The number of terminal acetylenes is 1. The van der Waals surface area contributed by atoms with E-state index >= 15 is 0 Å². The van der Waals surface area contributed by atoms with Crippen LogP contribution in [0.1, 0.15) is 51.9 Å². The van der Waals surface area contributed by atoms with Gasteiger partial charge in [0.1, 0.15) is 0 Å². The van der Waals surface area contributed by atoms with Crippen LogP contribution >= 0.6 is 0 Å². The van der Waals surface area contributed by atoms with Crippen molar-refractivity contribution in [3.05, 3.63) is 0 Å². The summed E-state index contributed by atoms with van der Waals surface area (Å²) in [5, 5.41) is 0. The normalized spacial score (nSPS) is 20.3. The number of amides is 1. The molecule has 1 aliphatic heterocycles. The van der Waals surface area contributed by atoms with Crippen molar-refractivity contribution in [1.29, 1.82) is 0 Å². The van der Waals surface area contributed by atoms with Gasteiger partial charge in [-0.15, -0.1) is 6.42 Å². The van der Waals surface area contributed by atoms with Crippen LogP contribution < -0.4 is 0 Å². The standard InChI is InChI=1S/C19H30N2O3/c1-3-12-20-13-10-16(11-14-20)19(23)24-15-18(22)21(4-2)17-8-6-5-7-9-17/h1,16-17H,4-15H2,2H3. The first-order valence-electron chi connectivity index (χ1n) is 9.27. The average molecular weight is 334 g/mol. The van der Waals surface area contributed by atoms with Gasteiger partial charge < -0.3 is 9.64 Å². The van der Waals surface area contributed by atoms with E-state index in [-0.39, 0.29) is 24.4 Å². The summed E-state index contributed by atoms with van der Waals surface area (Å²) in [6, 6.07) is 0.321. The molecule has 134 valence electrons. The lowest BCUT2D eigenvalue weighted by atomic mass is 9.94. The van der Waals surface area contributed by atoms with E-state index in [0.29, 0.717) is 19.1 Å². The average Bonchev–Trinajstić information content (AvgIpc) is 2.62. The molecule has 0 atom stereocenters. The summed E-state index contributed by atoms with van der Waals surface area (Å²) in [5.74, 6) is 2.24. The van der Waals surface area contributed by atoms with Crippen molar-refractivity contribution in [2.24, 2.45) is 5.92 Å². The van der Waals surface area contributed by atoms with Crippen LogP contribution in [0, 0.1) is 18.3 Å². The first-order valence-corrected chi connectivity index (χ1v) is 9.27. The van der Waals surface area contributed by atoms with E-state index in [0.717, 1.165) is 38.8 Å². The van der Waals surface area contributed by atoms with Crippen LogP contribution in [0.4, 0.5) is 0 Å². The number of likely N-dealkylation sites (tertiary alicyclic amines) is 1. The van der Waals surface area contributed by atoms with Crippen LogP contribution in [0.25, 0.3) is 0 Å². The molecule has 0 bridgehead atoms. The second-order valence-electron chi connectivity index (χ2n) is 6.83. The topological polar surface area (TPSA) is 49.9 Å². The highest BCUT2D eigenvalue weighted by atomic mass is 16.5. The smallest absolute Gasteiger partial charge is 0.309 e. The van der Waals surface area contributed by atoms with Crippen molar-refractivity contribution < 1.29 is 14.3 Å². The Hall–Kier alpha value is -1.54. The molecule has 1 heterocycles. The van der Waals surface area contributed by atoms with Gasteiger partial charge in [-0.25, -0.2) is 0 Å². The number of rotatable bonds is 6. The number of hydrogen-bond donors (Lipinski definition) is 0. The van der Waals surface area contributed by atoms with E-state index in [4.69, 9.17) is 11.2 Å². The molecule has 0 spiro atoms. The molecule has 0 aromatic rings.